The van der Waals surface area contributed by atoms with Crippen molar-refractivity contribution in [2.24, 2.45) is 5.73 Å². The van der Waals surface area contributed by atoms with Gasteiger partial charge in [0.05, 0.1) is 17.5 Å². The molecular formula is C8H16N2O3S. The van der Waals surface area contributed by atoms with Crippen LogP contribution in [-0.2, 0) is 14.6 Å². The predicted molar refractivity (Wildman–Crippen MR) is 53.5 cm³/mol. The van der Waals surface area contributed by atoms with E-state index in [1.807, 2.05) is 0 Å². The van der Waals surface area contributed by atoms with Gasteiger partial charge in [0.25, 0.3) is 0 Å². The lowest BCUT2D eigenvalue weighted by Crippen LogP contribution is -2.46. The van der Waals surface area contributed by atoms with E-state index >= 15 is 0 Å². The first-order chi connectivity index (χ1) is 6.41. The largest absolute Gasteiger partial charge is 0.352 e. The Hall–Kier alpha value is -0.620. The molecule has 0 unspecified atom stereocenters. The fourth-order valence-electron chi connectivity index (χ4n) is 1.37. The first-order valence-electron chi connectivity index (χ1n) is 4.67. The fourth-order valence-corrected chi connectivity index (χ4v) is 2.86. The van der Waals surface area contributed by atoms with Gasteiger partial charge < -0.3 is 11.1 Å². The van der Waals surface area contributed by atoms with Crippen LogP contribution in [0.4, 0.5) is 0 Å². The summed E-state index contributed by atoms with van der Waals surface area (Å²) in [5.41, 5.74) is 5.38. The summed E-state index contributed by atoms with van der Waals surface area (Å²) in [4.78, 5) is 11.2. The van der Waals surface area contributed by atoms with Crippen LogP contribution in [0, 0.1) is 0 Å². The minimum atomic E-state index is -2.85. The van der Waals surface area contributed by atoms with Gasteiger partial charge in [0.15, 0.2) is 0 Å². The van der Waals surface area contributed by atoms with Crippen molar-refractivity contribution in [2.75, 3.05) is 11.5 Å². The van der Waals surface area contributed by atoms with E-state index in [2.05, 4.69) is 5.32 Å². The molecule has 0 bridgehead atoms. The van der Waals surface area contributed by atoms with E-state index in [9.17, 15) is 13.2 Å². The Bertz CT molecular complexity index is 297. The van der Waals surface area contributed by atoms with Crippen LogP contribution in [0.15, 0.2) is 0 Å². The number of hydrogen-bond acceptors (Lipinski definition) is 4. The smallest absolute Gasteiger partial charge is 0.236 e. The van der Waals surface area contributed by atoms with E-state index in [0.717, 1.165) is 0 Å². The Labute approximate surface area is 84.0 Å². The van der Waals surface area contributed by atoms with Gasteiger partial charge in [0.2, 0.25) is 5.91 Å². The summed E-state index contributed by atoms with van der Waals surface area (Å²) < 4.78 is 22.2. The van der Waals surface area contributed by atoms with Crippen LogP contribution >= 0.6 is 0 Å². The SMILES string of the molecule is C[C@@H](N)C(=O)NC1CCS(=O)(=O)CC1. The molecule has 1 saturated heterocycles. The maximum Gasteiger partial charge on any atom is 0.236 e. The highest BCUT2D eigenvalue weighted by atomic mass is 32.2. The summed E-state index contributed by atoms with van der Waals surface area (Å²) in [5, 5.41) is 2.73. The number of amides is 1. The van der Waals surface area contributed by atoms with Crippen LogP contribution in [-0.4, -0.2) is 37.9 Å². The lowest BCUT2D eigenvalue weighted by Gasteiger charge is -2.23. The van der Waals surface area contributed by atoms with Crippen molar-refractivity contribution in [3.05, 3.63) is 0 Å². The second-order valence-corrected chi connectivity index (χ2v) is 6.03. The van der Waals surface area contributed by atoms with E-state index in [-0.39, 0.29) is 23.5 Å². The van der Waals surface area contributed by atoms with Crippen molar-refractivity contribution in [2.45, 2.75) is 31.8 Å². The molecule has 14 heavy (non-hydrogen) atoms. The third-order valence-corrected chi connectivity index (χ3v) is 4.03. The maximum absolute atomic E-state index is 11.2. The number of carbonyl (C=O) groups is 1. The van der Waals surface area contributed by atoms with Gasteiger partial charge in [-0.2, -0.15) is 0 Å². The molecule has 1 aliphatic heterocycles. The normalized spacial score (nSPS) is 24.1. The van der Waals surface area contributed by atoms with Crippen molar-refractivity contribution >= 4 is 15.7 Å². The molecule has 6 heteroatoms. The van der Waals surface area contributed by atoms with Crippen LogP contribution in [0.2, 0.25) is 0 Å². The average molecular weight is 220 g/mol. The van der Waals surface area contributed by atoms with E-state index < -0.39 is 15.9 Å². The first-order valence-corrected chi connectivity index (χ1v) is 6.49. The number of nitrogens with two attached hydrogens (primary N) is 1. The average Bonchev–Trinajstić information content (AvgIpc) is 2.08. The minimum Gasteiger partial charge on any atom is -0.352 e. The van der Waals surface area contributed by atoms with Crippen molar-refractivity contribution < 1.29 is 13.2 Å². The zero-order valence-corrected chi connectivity index (χ0v) is 9.01. The molecule has 82 valence electrons. The van der Waals surface area contributed by atoms with E-state index in [4.69, 9.17) is 5.73 Å². The third-order valence-electron chi connectivity index (χ3n) is 2.31. The Morgan fingerprint density at radius 2 is 1.93 bits per heavy atom. The van der Waals surface area contributed by atoms with Gasteiger partial charge in [0, 0.05) is 6.04 Å². The lowest BCUT2D eigenvalue weighted by atomic mass is 10.1. The van der Waals surface area contributed by atoms with E-state index in [1.54, 1.807) is 6.92 Å². The molecule has 0 spiro atoms. The number of sulfone groups is 1. The highest BCUT2D eigenvalue weighted by molar-refractivity contribution is 7.91. The van der Waals surface area contributed by atoms with Crippen LogP contribution in [0.3, 0.4) is 0 Å². The standard InChI is InChI=1S/C8H16N2O3S/c1-6(9)8(11)10-7-2-4-14(12,13)5-3-7/h6-7H,2-5,9H2,1H3,(H,10,11)/t6-/m1/s1. The molecule has 1 aliphatic rings. The molecule has 3 N–H and O–H groups in total. The van der Waals surface area contributed by atoms with Crippen LogP contribution in [0.25, 0.3) is 0 Å². The summed E-state index contributed by atoms with van der Waals surface area (Å²) in [6, 6.07) is -0.564. The fraction of sp³-hybridized carbons (Fsp3) is 0.875. The maximum atomic E-state index is 11.2. The van der Waals surface area contributed by atoms with Gasteiger partial charge in [-0.1, -0.05) is 0 Å². The van der Waals surface area contributed by atoms with Crippen LogP contribution in [0.5, 0.6) is 0 Å². The summed E-state index contributed by atoms with van der Waals surface area (Å²) in [5.74, 6) is 0.114. The topological polar surface area (TPSA) is 89.3 Å². The quantitative estimate of drug-likeness (QED) is 0.626. The highest BCUT2D eigenvalue weighted by Gasteiger charge is 2.25. The Kier molecular flexibility index (Phi) is 3.49. The molecule has 0 aromatic heterocycles. The Balaban J connectivity index is 2.40. The summed E-state index contributed by atoms with van der Waals surface area (Å²) in [6.07, 6.45) is 1.00. The third kappa shape index (κ3) is 3.26. The van der Waals surface area contributed by atoms with Crippen molar-refractivity contribution in [3.8, 4) is 0 Å². The van der Waals surface area contributed by atoms with Gasteiger partial charge in [-0.3, -0.25) is 4.79 Å². The molecule has 1 heterocycles. The number of nitrogens with one attached hydrogen (secondary N) is 1. The monoisotopic (exact) mass is 220 g/mol. The van der Waals surface area contributed by atoms with Gasteiger partial charge in [0.1, 0.15) is 9.84 Å². The zero-order valence-electron chi connectivity index (χ0n) is 8.19. The molecule has 1 amide bonds. The van der Waals surface area contributed by atoms with Gasteiger partial charge in [-0.25, -0.2) is 8.42 Å². The van der Waals surface area contributed by atoms with Crippen molar-refractivity contribution in [1.82, 2.24) is 5.32 Å². The highest BCUT2D eigenvalue weighted by Crippen LogP contribution is 2.11. The Morgan fingerprint density at radius 1 is 1.43 bits per heavy atom. The molecule has 0 aromatic carbocycles. The van der Waals surface area contributed by atoms with Crippen molar-refractivity contribution in [1.29, 1.82) is 0 Å². The van der Waals surface area contributed by atoms with Gasteiger partial charge in [-0.15, -0.1) is 0 Å². The molecular weight excluding hydrogens is 204 g/mol. The number of carbonyl (C=O) groups excluding carboxylic acids is 1. The molecule has 0 radical (unpaired) electrons. The zero-order chi connectivity index (χ0) is 10.8. The molecule has 1 atom stereocenters. The van der Waals surface area contributed by atoms with Crippen molar-refractivity contribution in [3.63, 3.8) is 0 Å². The lowest BCUT2D eigenvalue weighted by molar-refractivity contribution is -0.122. The molecule has 0 saturated carbocycles. The molecule has 5 nitrogen and oxygen atoms in total. The molecule has 1 fully saturated rings. The summed E-state index contributed by atoms with van der Waals surface area (Å²) in [6.45, 7) is 1.61. The number of hydrogen-bond donors (Lipinski definition) is 2. The molecule has 1 rings (SSSR count). The van der Waals surface area contributed by atoms with Crippen LogP contribution in [0.1, 0.15) is 19.8 Å². The van der Waals surface area contributed by atoms with Gasteiger partial charge in [-0.05, 0) is 19.8 Å². The second kappa shape index (κ2) is 4.27. The minimum absolute atomic E-state index is 0.0305. The van der Waals surface area contributed by atoms with Gasteiger partial charge >= 0.3 is 0 Å². The first kappa shape index (κ1) is 11.5. The molecule has 0 aliphatic carbocycles. The van der Waals surface area contributed by atoms with E-state index in [0.29, 0.717) is 12.8 Å². The summed E-state index contributed by atoms with van der Waals surface area (Å²) in [7, 11) is -2.85. The molecule has 0 aromatic rings. The number of rotatable bonds is 2. The van der Waals surface area contributed by atoms with E-state index in [1.165, 1.54) is 0 Å². The second-order valence-electron chi connectivity index (χ2n) is 3.72. The van der Waals surface area contributed by atoms with Crippen LogP contribution < -0.4 is 11.1 Å². The predicted octanol–water partition coefficient (Wildman–Crippen LogP) is -0.973. The Morgan fingerprint density at radius 3 is 2.36 bits per heavy atom. The summed E-state index contributed by atoms with van der Waals surface area (Å²) >= 11 is 0.